The molecule has 0 N–H and O–H groups in total. The van der Waals surface area contributed by atoms with E-state index in [0.29, 0.717) is 0 Å². The minimum Gasteiger partial charge on any atom is -0.321 e. The van der Waals surface area contributed by atoms with Crippen molar-refractivity contribution in [3.05, 3.63) is 47.1 Å². The van der Waals surface area contributed by atoms with Crippen LogP contribution in [0.2, 0.25) is 5.35 Å². The van der Waals surface area contributed by atoms with Crippen LogP contribution in [0.4, 0.5) is 0 Å². The van der Waals surface area contributed by atoms with Gasteiger partial charge in [-0.25, -0.2) is 0 Å². The molecule has 3 nitrogen and oxygen atoms in total. The molecule has 88 valence electrons. The summed E-state index contributed by atoms with van der Waals surface area (Å²) in [5.41, 5.74) is 1.16. The third-order valence-corrected chi connectivity index (χ3v) is 3.77. The lowest BCUT2D eigenvalue weighted by Gasteiger charge is -2.25. The lowest BCUT2D eigenvalue weighted by atomic mass is 9.78. The summed E-state index contributed by atoms with van der Waals surface area (Å²) in [5.74, 6) is 0.728. The molecule has 1 aromatic carbocycles. The van der Waals surface area contributed by atoms with E-state index >= 15 is 0 Å². The molecule has 3 rings (SSSR count). The molecular weight excluding hydrogens is 236 g/mol. The van der Waals surface area contributed by atoms with E-state index in [1.165, 1.54) is 18.4 Å². The van der Waals surface area contributed by atoms with Gasteiger partial charge in [-0.3, -0.25) is 0 Å². The molecule has 1 fully saturated rings. The summed E-state index contributed by atoms with van der Waals surface area (Å²) in [5, 5.41) is 4.16. The summed E-state index contributed by atoms with van der Waals surface area (Å²) < 4.78 is 4.93. The van der Waals surface area contributed by atoms with E-state index in [0.717, 1.165) is 18.7 Å². The third-order valence-electron chi connectivity index (χ3n) is 3.61. The SMILES string of the molecule is Clc1nc(C2(c3ccccc3)CCCC2)no1. The maximum absolute atomic E-state index is 5.75. The van der Waals surface area contributed by atoms with E-state index in [9.17, 15) is 0 Å². The highest BCUT2D eigenvalue weighted by Gasteiger charge is 2.41. The number of hydrogen-bond donors (Lipinski definition) is 0. The molecule has 4 heteroatoms. The molecule has 2 aromatic rings. The van der Waals surface area contributed by atoms with Crippen LogP contribution < -0.4 is 0 Å². The zero-order valence-electron chi connectivity index (χ0n) is 9.40. The Morgan fingerprint density at radius 2 is 1.82 bits per heavy atom. The Morgan fingerprint density at radius 1 is 1.12 bits per heavy atom. The van der Waals surface area contributed by atoms with Gasteiger partial charge >= 0.3 is 5.35 Å². The van der Waals surface area contributed by atoms with Crippen LogP contribution in [0.15, 0.2) is 34.9 Å². The summed E-state index contributed by atoms with van der Waals surface area (Å²) in [7, 11) is 0. The molecule has 0 amide bonds. The number of halogens is 1. The molecule has 0 radical (unpaired) electrons. The van der Waals surface area contributed by atoms with Crippen molar-refractivity contribution < 1.29 is 4.52 Å². The second kappa shape index (κ2) is 4.15. The van der Waals surface area contributed by atoms with Gasteiger partial charge in [0.2, 0.25) is 0 Å². The molecule has 17 heavy (non-hydrogen) atoms. The molecule has 1 aliphatic rings. The first-order valence-electron chi connectivity index (χ1n) is 5.86. The first-order chi connectivity index (χ1) is 8.31. The molecule has 0 saturated heterocycles. The Kier molecular flexibility index (Phi) is 2.63. The number of rotatable bonds is 2. The lowest BCUT2D eigenvalue weighted by Crippen LogP contribution is -2.25. The smallest absolute Gasteiger partial charge is 0.320 e. The van der Waals surface area contributed by atoms with Crippen molar-refractivity contribution >= 4 is 11.6 Å². The van der Waals surface area contributed by atoms with Gasteiger partial charge in [0.25, 0.3) is 0 Å². The van der Waals surface area contributed by atoms with Crippen LogP contribution in [0.1, 0.15) is 37.1 Å². The molecule has 0 atom stereocenters. The maximum atomic E-state index is 5.75. The van der Waals surface area contributed by atoms with E-state index in [1.54, 1.807) is 0 Å². The van der Waals surface area contributed by atoms with Crippen molar-refractivity contribution in [2.24, 2.45) is 0 Å². The summed E-state index contributed by atoms with van der Waals surface area (Å²) in [6.07, 6.45) is 4.52. The molecule has 0 spiro atoms. The Hall–Kier alpha value is -1.35. The van der Waals surface area contributed by atoms with Gasteiger partial charge in [-0.05, 0) is 30.0 Å². The van der Waals surface area contributed by atoms with Gasteiger partial charge in [0.05, 0.1) is 5.41 Å². The Labute approximate surface area is 105 Å². The fraction of sp³-hybridized carbons (Fsp3) is 0.385. The second-order valence-corrected chi connectivity index (χ2v) is 4.85. The fourth-order valence-corrected chi connectivity index (χ4v) is 2.89. The van der Waals surface area contributed by atoms with Gasteiger partial charge in [0, 0.05) is 0 Å². The summed E-state index contributed by atoms with van der Waals surface area (Å²) in [6, 6.07) is 10.4. The van der Waals surface area contributed by atoms with Gasteiger partial charge in [0.1, 0.15) is 0 Å². The highest BCUT2D eigenvalue weighted by molar-refractivity contribution is 6.27. The van der Waals surface area contributed by atoms with E-state index in [2.05, 4.69) is 34.4 Å². The first kappa shape index (κ1) is 10.8. The van der Waals surface area contributed by atoms with E-state index < -0.39 is 0 Å². The number of benzene rings is 1. The fourth-order valence-electron chi connectivity index (χ4n) is 2.78. The third kappa shape index (κ3) is 1.75. The van der Waals surface area contributed by atoms with Crippen molar-refractivity contribution in [3.8, 4) is 0 Å². The van der Waals surface area contributed by atoms with Crippen molar-refractivity contribution in [1.82, 2.24) is 10.1 Å². The van der Waals surface area contributed by atoms with Crippen molar-refractivity contribution in [2.75, 3.05) is 0 Å². The summed E-state index contributed by atoms with van der Waals surface area (Å²) >= 11 is 5.75. The van der Waals surface area contributed by atoms with Crippen LogP contribution in [0, 0.1) is 0 Å². The molecular formula is C13H13ClN2O. The number of hydrogen-bond acceptors (Lipinski definition) is 3. The number of nitrogens with zero attached hydrogens (tertiary/aromatic N) is 2. The molecule has 1 saturated carbocycles. The number of aromatic nitrogens is 2. The monoisotopic (exact) mass is 248 g/mol. The summed E-state index contributed by atoms with van der Waals surface area (Å²) in [4.78, 5) is 4.23. The van der Waals surface area contributed by atoms with Gasteiger partial charge in [-0.1, -0.05) is 48.3 Å². The predicted octanol–water partition coefficient (Wildman–Crippen LogP) is 3.58. The van der Waals surface area contributed by atoms with Crippen molar-refractivity contribution in [2.45, 2.75) is 31.1 Å². The zero-order chi connectivity index (χ0) is 11.7. The van der Waals surface area contributed by atoms with Gasteiger partial charge in [-0.2, -0.15) is 4.98 Å². The molecule has 1 aromatic heterocycles. The quantitative estimate of drug-likeness (QED) is 0.815. The predicted molar refractivity (Wildman–Crippen MR) is 65.0 cm³/mol. The minimum absolute atomic E-state index is 0.0993. The van der Waals surface area contributed by atoms with E-state index in [4.69, 9.17) is 16.1 Å². The average Bonchev–Trinajstić information content (AvgIpc) is 2.99. The van der Waals surface area contributed by atoms with Gasteiger partial charge in [-0.15, -0.1) is 0 Å². The lowest BCUT2D eigenvalue weighted by molar-refractivity contribution is 0.388. The molecule has 0 unspecified atom stereocenters. The zero-order valence-corrected chi connectivity index (χ0v) is 10.2. The molecule has 1 heterocycles. The Bertz CT molecular complexity index is 503. The van der Waals surface area contributed by atoms with Gasteiger partial charge in [0.15, 0.2) is 5.82 Å². The first-order valence-corrected chi connectivity index (χ1v) is 6.24. The van der Waals surface area contributed by atoms with Crippen LogP contribution in [-0.2, 0) is 5.41 Å². The topological polar surface area (TPSA) is 38.9 Å². The minimum atomic E-state index is -0.0993. The molecule has 0 bridgehead atoms. The van der Waals surface area contributed by atoms with Crippen LogP contribution in [-0.4, -0.2) is 10.1 Å². The standard InChI is InChI=1S/C13H13ClN2O/c14-12-15-11(16-17-12)13(8-4-5-9-13)10-6-2-1-3-7-10/h1-3,6-7H,4-5,8-9H2. The maximum Gasteiger partial charge on any atom is 0.320 e. The van der Waals surface area contributed by atoms with Crippen LogP contribution in [0.25, 0.3) is 0 Å². The van der Waals surface area contributed by atoms with Crippen LogP contribution in [0.5, 0.6) is 0 Å². The highest BCUT2D eigenvalue weighted by Crippen LogP contribution is 2.45. The van der Waals surface area contributed by atoms with Gasteiger partial charge < -0.3 is 4.52 Å². The van der Waals surface area contributed by atoms with Crippen molar-refractivity contribution in [1.29, 1.82) is 0 Å². The molecule has 0 aliphatic heterocycles. The Balaban J connectivity index is 2.11. The Morgan fingerprint density at radius 3 is 2.41 bits per heavy atom. The average molecular weight is 249 g/mol. The van der Waals surface area contributed by atoms with Crippen LogP contribution >= 0.6 is 11.6 Å². The molecule has 1 aliphatic carbocycles. The van der Waals surface area contributed by atoms with E-state index in [1.807, 2.05) is 6.07 Å². The largest absolute Gasteiger partial charge is 0.321 e. The van der Waals surface area contributed by atoms with Crippen molar-refractivity contribution in [3.63, 3.8) is 0 Å². The van der Waals surface area contributed by atoms with E-state index in [-0.39, 0.29) is 10.8 Å². The summed E-state index contributed by atoms with van der Waals surface area (Å²) in [6.45, 7) is 0. The normalized spacial score (nSPS) is 18.4. The van der Waals surface area contributed by atoms with Crippen LogP contribution in [0.3, 0.4) is 0 Å². The second-order valence-electron chi connectivity index (χ2n) is 4.53. The highest BCUT2D eigenvalue weighted by atomic mass is 35.5.